The van der Waals surface area contributed by atoms with Gasteiger partial charge in [-0.1, -0.05) is 99.3 Å². The number of fused-ring (bicyclic) bond motifs is 2. The average molecular weight is 341 g/mol. The van der Waals surface area contributed by atoms with Gasteiger partial charge in [-0.25, -0.2) is 0 Å². The largest absolute Gasteiger partial charge is 0.0654 e. The molecule has 0 saturated carbocycles. The Balaban J connectivity index is 1.72. The Kier molecular flexibility index (Phi) is 5.20. The average Bonchev–Trinajstić information content (AvgIpc) is 3.06. The van der Waals surface area contributed by atoms with E-state index in [1.165, 1.54) is 66.0 Å². The van der Waals surface area contributed by atoms with Crippen molar-refractivity contribution in [3.05, 3.63) is 83.4 Å². The monoisotopic (exact) mass is 340 g/mol. The topological polar surface area (TPSA) is 0 Å². The summed E-state index contributed by atoms with van der Waals surface area (Å²) in [7, 11) is 0. The number of hydrogen-bond donors (Lipinski definition) is 0. The van der Waals surface area contributed by atoms with Crippen molar-refractivity contribution >= 4 is 21.9 Å². The van der Waals surface area contributed by atoms with Gasteiger partial charge in [0.25, 0.3) is 0 Å². The molecule has 0 radical (unpaired) electrons. The van der Waals surface area contributed by atoms with Crippen molar-refractivity contribution < 1.29 is 0 Å². The highest BCUT2D eigenvalue weighted by molar-refractivity contribution is 6.04. The normalized spacial score (nSPS) is 13.4. The molecule has 4 rings (SSSR count). The Morgan fingerprint density at radius 3 is 2.35 bits per heavy atom. The van der Waals surface area contributed by atoms with Gasteiger partial charge in [0.15, 0.2) is 0 Å². The van der Waals surface area contributed by atoms with Gasteiger partial charge >= 0.3 is 0 Å². The second-order valence-corrected chi connectivity index (χ2v) is 7.48. The Hall–Kier alpha value is -2.34. The zero-order valence-electron chi connectivity index (χ0n) is 15.8. The predicted octanol–water partition coefficient (Wildman–Crippen LogP) is 7.67. The molecule has 0 amide bonds. The van der Waals surface area contributed by atoms with Crippen LogP contribution in [0.4, 0.5) is 0 Å². The summed E-state index contributed by atoms with van der Waals surface area (Å²) in [5.74, 6) is 0. The van der Waals surface area contributed by atoms with Crippen LogP contribution in [0.1, 0.15) is 62.1 Å². The lowest BCUT2D eigenvalue weighted by Gasteiger charge is -2.12. The first-order chi connectivity index (χ1) is 12.9. The van der Waals surface area contributed by atoms with Crippen molar-refractivity contribution in [2.75, 3.05) is 0 Å². The van der Waals surface area contributed by atoms with Crippen LogP contribution in [0.2, 0.25) is 0 Å². The lowest BCUT2D eigenvalue weighted by molar-refractivity contribution is 0.640. The lowest BCUT2D eigenvalue weighted by atomic mass is 9.92. The van der Waals surface area contributed by atoms with Gasteiger partial charge < -0.3 is 0 Å². The summed E-state index contributed by atoms with van der Waals surface area (Å²) in [6, 6.07) is 24.6. The van der Waals surface area contributed by atoms with Gasteiger partial charge in [-0.05, 0) is 57.9 Å². The predicted molar refractivity (Wildman–Crippen MR) is 114 cm³/mol. The fraction of sp³-hybridized carbons (Fsp3) is 0.308. The molecule has 1 aliphatic carbocycles. The summed E-state index contributed by atoms with van der Waals surface area (Å²) in [5.41, 5.74) is 7.57. The van der Waals surface area contributed by atoms with E-state index in [-0.39, 0.29) is 0 Å². The maximum atomic E-state index is 2.33. The van der Waals surface area contributed by atoms with E-state index >= 15 is 0 Å². The summed E-state index contributed by atoms with van der Waals surface area (Å²) in [4.78, 5) is 0. The smallest absolute Gasteiger partial charge is 0.00106 e. The van der Waals surface area contributed by atoms with Crippen LogP contribution in [0.3, 0.4) is 0 Å². The van der Waals surface area contributed by atoms with Crippen LogP contribution in [0.25, 0.3) is 21.9 Å². The van der Waals surface area contributed by atoms with E-state index < -0.39 is 0 Å². The molecule has 3 aromatic rings. The van der Waals surface area contributed by atoms with E-state index in [1.807, 2.05) is 0 Å². The first-order valence-corrected chi connectivity index (χ1v) is 10.2. The van der Waals surface area contributed by atoms with Gasteiger partial charge in [0, 0.05) is 0 Å². The zero-order valence-corrected chi connectivity index (χ0v) is 15.8. The third-order valence-corrected chi connectivity index (χ3v) is 5.72. The Morgan fingerprint density at radius 1 is 0.692 bits per heavy atom. The molecule has 0 saturated heterocycles. The van der Waals surface area contributed by atoms with Crippen LogP contribution in [0, 0.1) is 0 Å². The fourth-order valence-corrected chi connectivity index (χ4v) is 4.37. The van der Waals surface area contributed by atoms with Gasteiger partial charge in [0.05, 0.1) is 0 Å². The van der Waals surface area contributed by atoms with E-state index in [2.05, 4.69) is 73.7 Å². The molecule has 0 heteroatoms. The Labute approximate surface area is 157 Å². The Bertz CT molecular complexity index is 924. The van der Waals surface area contributed by atoms with Gasteiger partial charge in [-0.2, -0.15) is 0 Å². The van der Waals surface area contributed by atoms with Gasteiger partial charge in [0.1, 0.15) is 0 Å². The highest BCUT2D eigenvalue weighted by Crippen LogP contribution is 2.42. The lowest BCUT2D eigenvalue weighted by Crippen LogP contribution is -1.90. The SMILES string of the molecule is CCCCCCCC1=C(c2cccc3ccccc23)Cc2ccccc21. The standard InChI is InChI=1S/C26H28/c1-2-3-4-5-6-17-24-23-16-10-8-13-21(23)19-26(24)25-18-11-14-20-12-7-9-15-22(20)25/h7-16,18H,2-6,17,19H2,1H3. The first kappa shape index (κ1) is 17.1. The van der Waals surface area contributed by atoms with E-state index in [0.717, 1.165) is 6.42 Å². The minimum Gasteiger partial charge on any atom is -0.0654 e. The number of hydrogen-bond acceptors (Lipinski definition) is 0. The van der Waals surface area contributed by atoms with Crippen molar-refractivity contribution in [3.63, 3.8) is 0 Å². The van der Waals surface area contributed by atoms with Gasteiger partial charge in [-0.3, -0.25) is 0 Å². The fourth-order valence-electron chi connectivity index (χ4n) is 4.37. The summed E-state index contributed by atoms with van der Waals surface area (Å²) in [6.07, 6.45) is 8.99. The molecule has 1 aliphatic rings. The van der Waals surface area contributed by atoms with Crippen LogP contribution in [-0.4, -0.2) is 0 Å². The first-order valence-electron chi connectivity index (χ1n) is 10.2. The summed E-state index contributed by atoms with van der Waals surface area (Å²) < 4.78 is 0. The van der Waals surface area contributed by atoms with E-state index in [9.17, 15) is 0 Å². The van der Waals surface area contributed by atoms with Crippen LogP contribution >= 0.6 is 0 Å². The van der Waals surface area contributed by atoms with Crippen molar-refractivity contribution in [2.45, 2.75) is 51.9 Å². The van der Waals surface area contributed by atoms with Crippen LogP contribution in [0.5, 0.6) is 0 Å². The molecule has 0 aliphatic heterocycles. The molecule has 0 heterocycles. The Morgan fingerprint density at radius 2 is 1.42 bits per heavy atom. The molecular formula is C26H28. The maximum Gasteiger partial charge on any atom is -0.00106 e. The van der Waals surface area contributed by atoms with E-state index in [1.54, 1.807) is 11.1 Å². The van der Waals surface area contributed by atoms with Gasteiger partial charge in [-0.15, -0.1) is 0 Å². The molecule has 0 unspecified atom stereocenters. The third-order valence-electron chi connectivity index (χ3n) is 5.72. The molecule has 0 fully saturated rings. The molecule has 0 atom stereocenters. The third kappa shape index (κ3) is 3.33. The number of allylic oxidation sites excluding steroid dienone is 2. The van der Waals surface area contributed by atoms with Crippen molar-refractivity contribution in [3.8, 4) is 0 Å². The molecule has 0 nitrogen and oxygen atoms in total. The van der Waals surface area contributed by atoms with Crippen molar-refractivity contribution in [1.29, 1.82) is 0 Å². The number of benzene rings is 3. The molecule has 0 N–H and O–H groups in total. The highest BCUT2D eigenvalue weighted by atomic mass is 14.3. The number of rotatable bonds is 7. The maximum absolute atomic E-state index is 2.33. The number of unbranched alkanes of at least 4 members (excludes halogenated alkanes) is 4. The molecule has 3 aromatic carbocycles. The van der Waals surface area contributed by atoms with E-state index in [4.69, 9.17) is 0 Å². The minimum absolute atomic E-state index is 1.08. The molecule has 26 heavy (non-hydrogen) atoms. The summed E-state index contributed by atoms with van der Waals surface area (Å²) in [5, 5.41) is 2.73. The van der Waals surface area contributed by atoms with Crippen LogP contribution in [0.15, 0.2) is 66.7 Å². The molecule has 0 spiro atoms. The van der Waals surface area contributed by atoms with Crippen molar-refractivity contribution in [1.82, 2.24) is 0 Å². The summed E-state index contributed by atoms with van der Waals surface area (Å²) in [6.45, 7) is 2.29. The van der Waals surface area contributed by atoms with Crippen LogP contribution < -0.4 is 0 Å². The zero-order chi connectivity index (χ0) is 17.8. The second kappa shape index (κ2) is 7.91. The van der Waals surface area contributed by atoms with E-state index in [0.29, 0.717) is 0 Å². The minimum atomic E-state index is 1.08. The van der Waals surface area contributed by atoms with Crippen LogP contribution in [-0.2, 0) is 6.42 Å². The highest BCUT2D eigenvalue weighted by Gasteiger charge is 2.22. The second-order valence-electron chi connectivity index (χ2n) is 7.48. The van der Waals surface area contributed by atoms with Crippen molar-refractivity contribution in [2.24, 2.45) is 0 Å². The molecule has 0 aromatic heterocycles. The summed E-state index contributed by atoms with van der Waals surface area (Å²) >= 11 is 0. The quantitative estimate of drug-likeness (QED) is 0.387. The van der Waals surface area contributed by atoms with Gasteiger partial charge in [0.2, 0.25) is 0 Å². The molecular weight excluding hydrogens is 312 g/mol. The molecule has 132 valence electrons. The molecule has 0 bridgehead atoms.